The summed E-state index contributed by atoms with van der Waals surface area (Å²) < 4.78 is 0. The van der Waals surface area contributed by atoms with Gasteiger partial charge in [0.15, 0.2) is 0 Å². The van der Waals surface area contributed by atoms with Gasteiger partial charge in [0.05, 0.1) is 12.2 Å². The summed E-state index contributed by atoms with van der Waals surface area (Å²) in [6.07, 6.45) is 14.8. The van der Waals surface area contributed by atoms with Gasteiger partial charge in [-0.2, -0.15) is 0 Å². The monoisotopic (exact) mass is 430 g/mol. The molecule has 10 atom stereocenters. The molecule has 4 aliphatic rings. The summed E-state index contributed by atoms with van der Waals surface area (Å²) in [4.78, 5) is 0. The molecule has 0 aromatic heterocycles. The molecule has 0 aromatic carbocycles. The summed E-state index contributed by atoms with van der Waals surface area (Å²) in [7, 11) is 0. The van der Waals surface area contributed by atoms with Gasteiger partial charge < -0.3 is 10.2 Å². The van der Waals surface area contributed by atoms with E-state index in [2.05, 4.69) is 40.7 Å². The highest BCUT2D eigenvalue weighted by Gasteiger charge is 2.59. The Balaban J connectivity index is 1.47. The van der Waals surface area contributed by atoms with Crippen molar-refractivity contribution in [3.8, 4) is 0 Å². The van der Waals surface area contributed by atoms with E-state index in [-0.39, 0.29) is 12.2 Å². The largest absolute Gasteiger partial charge is 0.393 e. The van der Waals surface area contributed by atoms with Crippen LogP contribution in [0.5, 0.6) is 0 Å². The average molecular weight is 431 g/mol. The fourth-order valence-electron chi connectivity index (χ4n) is 9.41. The van der Waals surface area contributed by atoms with Crippen LogP contribution in [0.3, 0.4) is 0 Å². The first-order chi connectivity index (χ1) is 14.6. The van der Waals surface area contributed by atoms with E-state index in [1.807, 2.05) is 6.92 Å². The maximum Gasteiger partial charge on any atom is 0.0577 e. The fraction of sp³-hybridized carbons (Fsp3) is 0.931. The number of rotatable bonds is 6. The summed E-state index contributed by atoms with van der Waals surface area (Å²) in [5, 5.41) is 20.5. The lowest BCUT2D eigenvalue weighted by molar-refractivity contribution is -0.0578. The first kappa shape index (κ1) is 23.8. The fourth-order valence-corrected chi connectivity index (χ4v) is 9.41. The molecule has 0 aliphatic heterocycles. The van der Waals surface area contributed by atoms with E-state index in [1.165, 1.54) is 51.4 Å². The Morgan fingerprint density at radius 1 is 0.968 bits per heavy atom. The SMILES string of the molecule is CC(C)C(CC[C@@H](C)[C@H]1CCC2C3CC=C4C[C@@H](O)CC[C@]4(C)C3CC[C@@]21C)[C@H](C)O. The summed E-state index contributed by atoms with van der Waals surface area (Å²) in [5.41, 5.74) is 2.46. The number of fused-ring (bicyclic) bond motifs is 5. The molecule has 4 rings (SSSR count). The van der Waals surface area contributed by atoms with E-state index in [1.54, 1.807) is 5.57 Å². The van der Waals surface area contributed by atoms with Crippen molar-refractivity contribution < 1.29 is 10.2 Å². The molecule has 0 amide bonds. The highest BCUT2D eigenvalue weighted by atomic mass is 16.3. The number of aliphatic hydroxyl groups excluding tert-OH is 2. The van der Waals surface area contributed by atoms with Gasteiger partial charge in [-0.3, -0.25) is 0 Å². The zero-order valence-corrected chi connectivity index (χ0v) is 21.2. The molecular weight excluding hydrogens is 380 g/mol. The highest BCUT2D eigenvalue weighted by Crippen LogP contribution is 2.67. The molecule has 0 aromatic rings. The molecule has 2 heteroatoms. The van der Waals surface area contributed by atoms with Gasteiger partial charge in [-0.25, -0.2) is 0 Å². The predicted octanol–water partition coefficient (Wildman–Crippen LogP) is 7.00. The van der Waals surface area contributed by atoms with Crippen LogP contribution >= 0.6 is 0 Å². The minimum atomic E-state index is -0.187. The molecule has 2 N–H and O–H groups in total. The van der Waals surface area contributed by atoms with Crippen LogP contribution in [0.15, 0.2) is 11.6 Å². The summed E-state index contributed by atoms with van der Waals surface area (Å²) >= 11 is 0. The average Bonchev–Trinajstić information content (AvgIpc) is 3.05. The first-order valence-electron chi connectivity index (χ1n) is 13.6. The van der Waals surface area contributed by atoms with E-state index in [0.29, 0.717) is 22.7 Å². The Kier molecular flexibility index (Phi) is 6.75. The van der Waals surface area contributed by atoms with E-state index >= 15 is 0 Å². The molecule has 0 heterocycles. The van der Waals surface area contributed by atoms with Crippen molar-refractivity contribution in [2.45, 2.75) is 118 Å². The lowest BCUT2D eigenvalue weighted by Gasteiger charge is -2.58. The second kappa shape index (κ2) is 8.79. The molecule has 31 heavy (non-hydrogen) atoms. The van der Waals surface area contributed by atoms with Crippen LogP contribution < -0.4 is 0 Å². The number of aliphatic hydroxyl groups is 2. The summed E-state index contributed by atoms with van der Waals surface area (Å²) in [6.45, 7) is 14.2. The Labute approximate surface area is 192 Å². The Hall–Kier alpha value is -0.340. The third-order valence-corrected chi connectivity index (χ3v) is 11.3. The van der Waals surface area contributed by atoms with Crippen LogP contribution in [-0.4, -0.2) is 22.4 Å². The van der Waals surface area contributed by atoms with Crippen LogP contribution in [-0.2, 0) is 0 Å². The van der Waals surface area contributed by atoms with Crippen molar-refractivity contribution in [1.29, 1.82) is 0 Å². The number of hydrogen-bond donors (Lipinski definition) is 2. The minimum absolute atomic E-state index is 0.0993. The third kappa shape index (κ3) is 4.07. The van der Waals surface area contributed by atoms with Gasteiger partial charge >= 0.3 is 0 Å². The van der Waals surface area contributed by atoms with Crippen molar-refractivity contribution in [2.75, 3.05) is 0 Å². The van der Waals surface area contributed by atoms with Crippen LogP contribution in [0.25, 0.3) is 0 Å². The van der Waals surface area contributed by atoms with Gasteiger partial charge in [-0.05, 0) is 117 Å². The van der Waals surface area contributed by atoms with E-state index in [4.69, 9.17) is 0 Å². The van der Waals surface area contributed by atoms with Crippen LogP contribution in [0.1, 0.15) is 106 Å². The van der Waals surface area contributed by atoms with Crippen molar-refractivity contribution in [3.63, 3.8) is 0 Å². The zero-order valence-electron chi connectivity index (χ0n) is 21.2. The number of allylic oxidation sites excluding steroid dienone is 1. The molecule has 4 unspecified atom stereocenters. The molecule has 178 valence electrons. The van der Waals surface area contributed by atoms with Crippen LogP contribution in [0.2, 0.25) is 0 Å². The smallest absolute Gasteiger partial charge is 0.0577 e. The highest BCUT2D eigenvalue weighted by molar-refractivity contribution is 5.25. The zero-order chi connectivity index (χ0) is 22.6. The van der Waals surface area contributed by atoms with Gasteiger partial charge in [-0.1, -0.05) is 52.7 Å². The normalized spacial score (nSPS) is 45.3. The van der Waals surface area contributed by atoms with Crippen LogP contribution in [0, 0.1) is 52.3 Å². The van der Waals surface area contributed by atoms with Gasteiger partial charge in [0.2, 0.25) is 0 Å². The topological polar surface area (TPSA) is 40.5 Å². The molecule has 2 nitrogen and oxygen atoms in total. The molecular formula is C29H50O2. The lowest BCUT2D eigenvalue weighted by Crippen LogP contribution is -2.50. The van der Waals surface area contributed by atoms with Gasteiger partial charge in [0.1, 0.15) is 0 Å². The molecule has 0 radical (unpaired) electrons. The van der Waals surface area contributed by atoms with Crippen molar-refractivity contribution in [2.24, 2.45) is 52.3 Å². The van der Waals surface area contributed by atoms with Crippen LogP contribution in [0.4, 0.5) is 0 Å². The summed E-state index contributed by atoms with van der Waals surface area (Å²) in [6, 6.07) is 0. The van der Waals surface area contributed by atoms with Crippen molar-refractivity contribution in [3.05, 3.63) is 11.6 Å². The second-order valence-corrected chi connectivity index (χ2v) is 13.1. The van der Waals surface area contributed by atoms with E-state index < -0.39 is 0 Å². The van der Waals surface area contributed by atoms with E-state index in [0.717, 1.165) is 42.4 Å². The Morgan fingerprint density at radius 2 is 1.71 bits per heavy atom. The Bertz CT molecular complexity index is 658. The standard InChI is InChI=1S/C29H50O2/c1-18(2)23(20(4)30)9-7-19(3)25-11-12-26-24-10-8-21-17-22(31)13-15-28(21,5)27(24)14-16-29(25,26)6/h8,18-20,22-27,30-31H,7,9-17H2,1-6H3/t19-,20+,22+,23?,24?,25-,26?,27?,28+,29-/m1/s1. The Morgan fingerprint density at radius 3 is 2.39 bits per heavy atom. The maximum atomic E-state index is 10.2. The second-order valence-electron chi connectivity index (χ2n) is 13.1. The quantitative estimate of drug-likeness (QED) is 0.446. The molecule has 3 fully saturated rings. The first-order valence-corrected chi connectivity index (χ1v) is 13.6. The molecule has 3 saturated carbocycles. The summed E-state index contributed by atoms with van der Waals surface area (Å²) in [5.74, 6) is 5.21. The molecule has 0 saturated heterocycles. The molecule has 0 bridgehead atoms. The molecule has 0 spiro atoms. The predicted molar refractivity (Wildman–Crippen MR) is 130 cm³/mol. The van der Waals surface area contributed by atoms with Gasteiger partial charge in [-0.15, -0.1) is 0 Å². The van der Waals surface area contributed by atoms with Crippen molar-refractivity contribution in [1.82, 2.24) is 0 Å². The number of hydrogen-bond acceptors (Lipinski definition) is 2. The van der Waals surface area contributed by atoms with Gasteiger partial charge in [0, 0.05) is 0 Å². The minimum Gasteiger partial charge on any atom is -0.393 e. The third-order valence-electron chi connectivity index (χ3n) is 11.3. The van der Waals surface area contributed by atoms with Crippen molar-refractivity contribution >= 4 is 0 Å². The maximum absolute atomic E-state index is 10.2. The lowest BCUT2D eigenvalue weighted by atomic mass is 9.47. The van der Waals surface area contributed by atoms with Gasteiger partial charge in [0.25, 0.3) is 0 Å². The molecule has 4 aliphatic carbocycles. The van der Waals surface area contributed by atoms with E-state index in [9.17, 15) is 10.2 Å².